The zero-order valence-electron chi connectivity index (χ0n) is 14.7. The Bertz CT molecular complexity index is 850. The number of benzene rings is 1. The summed E-state index contributed by atoms with van der Waals surface area (Å²) < 4.78 is 4.87. The van der Waals surface area contributed by atoms with E-state index in [4.69, 9.17) is 4.74 Å². The van der Waals surface area contributed by atoms with Gasteiger partial charge in [0.05, 0.1) is 24.0 Å². The molecule has 0 saturated carbocycles. The van der Waals surface area contributed by atoms with Gasteiger partial charge in [0.15, 0.2) is 11.3 Å². The number of carbonyl (C=O) groups excluding carboxylic acids is 3. The van der Waals surface area contributed by atoms with Crippen molar-refractivity contribution < 1.29 is 19.1 Å². The molecule has 9 heteroatoms. The Morgan fingerprint density at radius 1 is 1.27 bits per heavy atom. The molecule has 1 aromatic rings. The molecule has 1 atom stereocenters. The van der Waals surface area contributed by atoms with Gasteiger partial charge in [-0.25, -0.2) is 9.69 Å². The van der Waals surface area contributed by atoms with Gasteiger partial charge >= 0.3 is 5.97 Å². The molecule has 0 N–H and O–H groups in total. The minimum absolute atomic E-state index is 0.102. The van der Waals surface area contributed by atoms with Gasteiger partial charge in [-0.15, -0.1) is 15.1 Å². The lowest BCUT2D eigenvalue weighted by Crippen LogP contribution is -2.48. The predicted molar refractivity (Wildman–Crippen MR) is 92.1 cm³/mol. The van der Waals surface area contributed by atoms with Crippen LogP contribution in [0.25, 0.3) is 0 Å². The molecule has 0 unspecified atom stereocenters. The number of carbonyl (C=O) groups is 3. The fourth-order valence-electron chi connectivity index (χ4n) is 3.16. The van der Waals surface area contributed by atoms with Crippen molar-refractivity contribution >= 4 is 29.2 Å². The van der Waals surface area contributed by atoms with E-state index >= 15 is 0 Å². The number of hydrazone groups is 1. The lowest BCUT2D eigenvalue weighted by Gasteiger charge is -2.25. The number of aryl methyl sites for hydroxylation is 2. The molecule has 1 fully saturated rings. The van der Waals surface area contributed by atoms with Crippen molar-refractivity contribution in [3.8, 4) is 0 Å². The quantitative estimate of drug-likeness (QED) is 0.459. The third kappa shape index (κ3) is 2.56. The summed E-state index contributed by atoms with van der Waals surface area (Å²) in [7, 11) is 0. The van der Waals surface area contributed by atoms with Crippen LogP contribution in [0.3, 0.4) is 0 Å². The van der Waals surface area contributed by atoms with Crippen molar-refractivity contribution in [1.82, 2.24) is 5.12 Å². The molecule has 0 bridgehead atoms. The first-order valence-electron chi connectivity index (χ1n) is 8.17. The summed E-state index contributed by atoms with van der Waals surface area (Å²) in [4.78, 5) is 49.8. The Labute approximate surface area is 149 Å². The zero-order valence-corrected chi connectivity index (χ0v) is 14.7. The van der Waals surface area contributed by atoms with E-state index in [-0.39, 0.29) is 25.2 Å². The highest BCUT2D eigenvalue weighted by molar-refractivity contribution is 6.39. The maximum absolute atomic E-state index is 13.1. The highest BCUT2D eigenvalue weighted by Gasteiger charge is 2.61. The molecule has 1 saturated heterocycles. The van der Waals surface area contributed by atoms with Crippen molar-refractivity contribution in [2.45, 2.75) is 39.2 Å². The van der Waals surface area contributed by atoms with Gasteiger partial charge in [-0.2, -0.15) is 0 Å². The van der Waals surface area contributed by atoms with Crippen LogP contribution in [0.4, 0.5) is 5.69 Å². The molecule has 2 heterocycles. The highest BCUT2D eigenvalue weighted by Crippen LogP contribution is 2.40. The van der Waals surface area contributed by atoms with Gasteiger partial charge < -0.3 is 4.74 Å². The maximum atomic E-state index is 13.1. The van der Waals surface area contributed by atoms with E-state index in [1.165, 1.54) is 0 Å². The number of nitrogens with zero attached hydrogens (tertiary/aromatic N) is 4. The van der Waals surface area contributed by atoms with Crippen molar-refractivity contribution in [1.29, 1.82) is 0 Å². The SMILES string of the molecule is CCOC(=O)C1=NN(N=O)[C@@]2(CC(=O)N(c3ccc(C)c(C)c3)C2=O)C1. The van der Waals surface area contributed by atoms with Crippen LogP contribution in [-0.2, 0) is 19.1 Å². The number of ether oxygens (including phenoxy) is 1. The molecule has 0 radical (unpaired) electrons. The van der Waals surface area contributed by atoms with Crippen LogP contribution in [0.2, 0.25) is 0 Å². The lowest BCUT2D eigenvalue weighted by molar-refractivity contribution is -0.135. The molecular formula is C17H18N4O5. The molecule has 0 aliphatic carbocycles. The maximum Gasteiger partial charge on any atom is 0.354 e. The Morgan fingerprint density at radius 3 is 2.62 bits per heavy atom. The fourth-order valence-corrected chi connectivity index (χ4v) is 3.16. The zero-order chi connectivity index (χ0) is 19.1. The second-order valence-corrected chi connectivity index (χ2v) is 6.33. The van der Waals surface area contributed by atoms with E-state index in [1.54, 1.807) is 25.1 Å². The molecule has 2 aliphatic heterocycles. The van der Waals surface area contributed by atoms with E-state index in [2.05, 4.69) is 10.4 Å². The molecule has 2 aliphatic rings. The summed E-state index contributed by atoms with van der Waals surface area (Å²) in [5, 5.41) is 7.18. The van der Waals surface area contributed by atoms with Crippen molar-refractivity contribution in [2.24, 2.45) is 10.4 Å². The predicted octanol–water partition coefficient (Wildman–Crippen LogP) is 1.61. The smallest absolute Gasteiger partial charge is 0.354 e. The number of amides is 2. The highest BCUT2D eigenvalue weighted by atomic mass is 16.5. The molecule has 1 aromatic carbocycles. The van der Waals surface area contributed by atoms with Crippen LogP contribution >= 0.6 is 0 Å². The number of nitroso groups, excluding NO2 is 1. The summed E-state index contributed by atoms with van der Waals surface area (Å²) in [6.07, 6.45) is -0.500. The molecule has 136 valence electrons. The number of esters is 1. The molecule has 3 rings (SSSR count). The normalized spacial score (nSPS) is 22.2. The Kier molecular flexibility index (Phi) is 4.31. The van der Waals surface area contributed by atoms with Gasteiger partial charge in [-0.1, -0.05) is 6.07 Å². The summed E-state index contributed by atoms with van der Waals surface area (Å²) >= 11 is 0. The first-order valence-corrected chi connectivity index (χ1v) is 8.17. The van der Waals surface area contributed by atoms with E-state index in [9.17, 15) is 19.3 Å². The third-order valence-corrected chi connectivity index (χ3v) is 4.69. The summed E-state index contributed by atoms with van der Waals surface area (Å²) in [6, 6.07) is 5.20. The minimum Gasteiger partial charge on any atom is -0.461 e. The van der Waals surface area contributed by atoms with Crippen LogP contribution in [0.1, 0.15) is 30.9 Å². The van der Waals surface area contributed by atoms with Gasteiger partial charge in [0.25, 0.3) is 5.91 Å². The van der Waals surface area contributed by atoms with Crippen LogP contribution < -0.4 is 4.90 Å². The van der Waals surface area contributed by atoms with E-state index in [1.807, 2.05) is 13.8 Å². The average molecular weight is 358 g/mol. The van der Waals surface area contributed by atoms with Crippen molar-refractivity contribution in [2.75, 3.05) is 11.5 Å². The molecular weight excluding hydrogens is 340 g/mol. The summed E-state index contributed by atoms with van der Waals surface area (Å²) in [5.74, 6) is -1.84. The second kappa shape index (κ2) is 6.32. The first kappa shape index (κ1) is 17.7. The largest absolute Gasteiger partial charge is 0.461 e. The Hall–Kier alpha value is -3.10. The van der Waals surface area contributed by atoms with Gasteiger partial charge in [0.1, 0.15) is 0 Å². The van der Waals surface area contributed by atoms with Gasteiger partial charge in [-0.05, 0) is 44.0 Å². The summed E-state index contributed by atoms with van der Waals surface area (Å²) in [5.41, 5.74) is 0.640. The standard InChI is InChI=1S/C17H18N4O5/c1-4-26-15(23)13-8-17(21(18-13)19-25)9-14(22)20(16(17)24)12-6-5-10(2)11(3)7-12/h5-7H,4,8-9H2,1-3H3/t17-/m1/s1. The second-order valence-electron chi connectivity index (χ2n) is 6.33. The van der Waals surface area contributed by atoms with Crippen LogP contribution in [0.15, 0.2) is 28.6 Å². The van der Waals surface area contributed by atoms with Gasteiger partial charge in [-0.3, -0.25) is 9.59 Å². The number of hydrogen-bond acceptors (Lipinski definition) is 7. The molecule has 2 amide bonds. The van der Waals surface area contributed by atoms with Crippen LogP contribution in [0.5, 0.6) is 0 Å². The third-order valence-electron chi connectivity index (χ3n) is 4.69. The van der Waals surface area contributed by atoms with Crippen LogP contribution in [0, 0.1) is 18.8 Å². The van der Waals surface area contributed by atoms with E-state index in [0.717, 1.165) is 16.0 Å². The van der Waals surface area contributed by atoms with Crippen LogP contribution in [-0.4, -0.2) is 40.8 Å². The Balaban J connectivity index is 1.96. The number of rotatable bonds is 4. The number of anilines is 1. The summed E-state index contributed by atoms with van der Waals surface area (Å²) in [6.45, 7) is 5.55. The lowest BCUT2D eigenvalue weighted by atomic mass is 9.92. The van der Waals surface area contributed by atoms with E-state index < -0.39 is 23.3 Å². The average Bonchev–Trinajstić information content (AvgIpc) is 3.09. The monoisotopic (exact) mass is 358 g/mol. The van der Waals surface area contributed by atoms with E-state index in [0.29, 0.717) is 10.8 Å². The topological polar surface area (TPSA) is 109 Å². The fraction of sp³-hybridized carbons (Fsp3) is 0.412. The first-order chi connectivity index (χ1) is 12.3. The molecule has 1 spiro atoms. The molecule has 0 aromatic heterocycles. The number of hydrogen-bond donors (Lipinski definition) is 0. The number of imide groups is 1. The van der Waals surface area contributed by atoms with Crippen molar-refractivity contribution in [3.05, 3.63) is 34.2 Å². The van der Waals surface area contributed by atoms with Crippen molar-refractivity contribution in [3.63, 3.8) is 0 Å². The molecule has 9 nitrogen and oxygen atoms in total. The minimum atomic E-state index is -1.61. The van der Waals surface area contributed by atoms with Gasteiger partial charge in [0.2, 0.25) is 5.91 Å². The molecule has 26 heavy (non-hydrogen) atoms. The van der Waals surface area contributed by atoms with Gasteiger partial charge in [0, 0.05) is 6.42 Å². The Morgan fingerprint density at radius 2 is 2.00 bits per heavy atom.